The maximum Gasteiger partial charge on any atom is 0.323 e. The summed E-state index contributed by atoms with van der Waals surface area (Å²) in [5, 5.41) is 4.46. The zero-order chi connectivity index (χ0) is 15.0. The van der Waals surface area contributed by atoms with Crippen molar-refractivity contribution in [1.29, 1.82) is 0 Å². The van der Waals surface area contributed by atoms with Gasteiger partial charge in [0.1, 0.15) is 12.1 Å². The third-order valence-corrected chi connectivity index (χ3v) is 4.19. The second-order valence-corrected chi connectivity index (χ2v) is 5.90. The molecule has 2 aliphatic heterocycles. The Morgan fingerprint density at radius 2 is 2.24 bits per heavy atom. The van der Waals surface area contributed by atoms with Crippen LogP contribution in [0.25, 0.3) is 0 Å². The van der Waals surface area contributed by atoms with Crippen molar-refractivity contribution in [3.8, 4) is 0 Å². The van der Waals surface area contributed by atoms with Gasteiger partial charge >= 0.3 is 5.97 Å². The minimum Gasteiger partial charge on any atom is -0.461 e. The molecule has 6 nitrogen and oxygen atoms in total. The van der Waals surface area contributed by atoms with E-state index < -0.39 is 0 Å². The summed E-state index contributed by atoms with van der Waals surface area (Å²) in [7, 11) is 0. The number of nitrogens with zero attached hydrogens (tertiary/aromatic N) is 3. The molecular weight excluding hydrogens is 270 g/mol. The van der Waals surface area contributed by atoms with Gasteiger partial charge in [0.15, 0.2) is 0 Å². The Hall–Kier alpha value is -1.69. The molecule has 0 aromatic carbocycles. The van der Waals surface area contributed by atoms with E-state index in [9.17, 15) is 9.59 Å². The summed E-state index contributed by atoms with van der Waals surface area (Å²) in [5.41, 5.74) is 1.88. The van der Waals surface area contributed by atoms with Crippen LogP contribution < -0.4 is 5.56 Å². The summed E-state index contributed by atoms with van der Waals surface area (Å²) >= 11 is 0. The number of carbonyl (C=O) groups excluding carboxylic acids is 1. The molecule has 1 saturated heterocycles. The van der Waals surface area contributed by atoms with Crippen molar-refractivity contribution in [2.75, 3.05) is 6.54 Å². The van der Waals surface area contributed by atoms with Gasteiger partial charge in [0.25, 0.3) is 5.56 Å². The number of hydrogen-bond donors (Lipinski definition) is 0. The summed E-state index contributed by atoms with van der Waals surface area (Å²) in [6, 6.07) is 1.50. The largest absolute Gasteiger partial charge is 0.461 e. The Bertz CT molecular complexity index is 611. The average molecular weight is 291 g/mol. The van der Waals surface area contributed by atoms with E-state index in [1.54, 1.807) is 10.7 Å². The van der Waals surface area contributed by atoms with Crippen LogP contribution in [0.1, 0.15) is 37.9 Å². The van der Waals surface area contributed by atoms with Crippen molar-refractivity contribution < 1.29 is 9.53 Å². The second kappa shape index (κ2) is 5.60. The molecule has 3 heterocycles. The minimum atomic E-state index is -0.175. The Morgan fingerprint density at radius 3 is 2.90 bits per heavy atom. The highest BCUT2D eigenvalue weighted by atomic mass is 16.6. The lowest BCUT2D eigenvalue weighted by Gasteiger charge is -2.31. The van der Waals surface area contributed by atoms with Gasteiger partial charge in [0.2, 0.25) is 0 Å². The van der Waals surface area contributed by atoms with E-state index in [0.29, 0.717) is 13.1 Å². The number of cyclic esters (lactones) is 1. The molecule has 21 heavy (non-hydrogen) atoms. The molecule has 0 saturated carbocycles. The lowest BCUT2D eigenvalue weighted by Crippen LogP contribution is -2.43. The predicted molar refractivity (Wildman–Crippen MR) is 76.9 cm³/mol. The minimum absolute atomic E-state index is 0.0143. The summed E-state index contributed by atoms with van der Waals surface area (Å²) in [6.07, 6.45) is 2.38. The van der Waals surface area contributed by atoms with Crippen LogP contribution in [-0.2, 0) is 29.0 Å². The average Bonchev–Trinajstić information content (AvgIpc) is 2.78. The van der Waals surface area contributed by atoms with E-state index >= 15 is 0 Å². The van der Waals surface area contributed by atoms with Crippen LogP contribution in [0.5, 0.6) is 0 Å². The van der Waals surface area contributed by atoms with Gasteiger partial charge in [-0.25, -0.2) is 4.68 Å². The molecule has 1 aromatic rings. The van der Waals surface area contributed by atoms with Crippen molar-refractivity contribution in [2.45, 2.75) is 58.3 Å². The molecule has 0 spiro atoms. The van der Waals surface area contributed by atoms with E-state index in [-0.39, 0.29) is 23.7 Å². The molecule has 114 valence electrons. The van der Waals surface area contributed by atoms with Crippen LogP contribution >= 0.6 is 0 Å². The van der Waals surface area contributed by atoms with Crippen molar-refractivity contribution in [1.82, 2.24) is 14.7 Å². The first-order chi connectivity index (χ1) is 10.1. The first kappa shape index (κ1) is 14.3. The van der Waals surface area contributed by atoms with Crippen LogP contribution in [0.2, 0.25) is 0 Å². The predicted octanol–water partition coefficient (Wildman–Crippen LogP) is 0.715. The summed E-state index contributed by atoms with van der Waals surface area (Å²) < 4.78 is 6.77. The molecule has 0 aliphatic carbocycles. The van der Waals surface area contributed by atoms with Crippen molar-refractivity contribution in [3.63, 3.8) is 0 Å². The van der Waals surface area contributed by atoms with E-state index in [1.165, 1.54) is 0 Å². The zero-order valence-electron chi connectivity index (χ0n) is 12.5. The van der Waals surface area contributed by atoms with Gasteiger partial charge in [-0.15, -0.1) is 0 Å². The van der Waals surface area contributed by atoms with Gasteiger partial charge in [0, 0.05) is 38.5 Å². The fraction of sp³-hybridized carbons (Fsp3) is 0.667. The van der Waals surface area contributed by atoms with E-state index in [4.69, 9.17) is 4.74 Å². The Balaban J connectivity index is 1.81. The monoisotopic (exact) mass is 291 g/mol. The molecule has 2 atom stereocenters. The number of hydrogen-bond acceptors (Lipinski definition) is 5. The van der Waals surface area contributed by atoms with Crippen LogP contribution in [0.3, 0.4) is 0 Å². The lowest BCUT2D eigenvalue weighted by atomic mass is 10.0. The number of fused-ring (bicyclic) bond motifs is 1. The molecule has 0 bridgehead atoms. The smallest absolute Gasteiger partial charge is 0.323 e. The van der Waals surface area contributed by atoms with Gasteiger partial charge in [-0.05, 0) is 18.9 Å². The van der Waals surface area contributed by atoms with Gasteiger partial charge in [-0.2, -0.15) is 5.10 Å². The molecule has 3 rings (SSSR count). The van der Waals surface area contributed by atoms with Crippen molar-refractivity contribution in [2.24, 2.45) is 0 Å². The number of ether oxygens (including phenoxy) is 1. The van der Waals surface area contributed by atoms with Crippen LogP contribution in [0.15, 0.2) is 10.9 Å². The number of rotatable bonds is 3. The second-order valence-electron chi connectivity index (χ2n) is 5.90. The SMILES string of the molecule is CCCn1nc2c(cc1=O)CN([C@H]1C[C@H](C)OC1=O)CC2. The quantitative estimate of drug-likeness (QED) is 0.768. The third kappa shape index (κ3) is 2.72. The fourth-order valence-corrected chi connectivity index (χ4v) is 3.13. The van der Waals surface area contributed by atoms with E-state index in [1.807, 2.05) is 13.8 Å². The lowest BCUT2D eigenvalue weighted by molar-refractivity contribution is -0.145. The van der Waals surface area contributed by atoms with Crippen LogP contribution in [0, 0.1) is 0 Å². The zero-order valence-corrected chi connectivity index (χ0v) is 12.5. The maximum absolute atomic E-state index is 12.0. The first-order valence-corrected chi connectivity index (χ1v) is 7.63. The summed E-state index contributed by atoms with van der Waals surface area (Å²) in [4.78, 5) is 26.0. The highest BCUT2D eigenvalue weighted by Gasteiger charge is 2.37. The highest BCUT2D eigenvalue weighted by Crippen LogP contribution is 2.25. The number of aromatic nitrogens is 2. The third-order valence-electron chi connectivity index (χ3n) is 4.19. The molecule has 0 amide bonds. The number of esters is 1. The Kier molecular flexibility index (Phi) is 3.80. The maximum atomic E-state index is 12.0. The van der Waals surface area contributed by atoms with Gasteiger partial charge in [-0.3, -0.25) is 14.5 Å². The van der Waals surface area contributed by atoms with Gasteiger partial charge in [0.05, 0.1) is 5.69 Å². The fourth-order valence-electron chi connectivity index (χ4n) is 3.13. The molecule has 0 N–H and O–H groups in total. The molecular formula is C15H21N3O3. The van der Waals surface area contributed by atoms with Crippen LogP contribution in [-0.4, -0.2) is 39.3 Å². The van der Waals surface area contributed by atoms with Crippen molar-refractivity contribution >= 4 is 5.97 Å². The number of carbonyl (C=O) groups is 1. The Morgan fingerprint density at radius 1 is 1.43 bits per heavy atom. The molecule has 6 heteroatoms. The standard InChI is InChI=1S/C15H21N3O3/c1-3-5-18-14(19)8-11-9-17(6-4-12(11)16-18)13-7-10(2)21-15(13)20/h8,10,13H,3-7,9H2,1-2H3/t10-,13-/m0/s1. The van der Waals surface area contributed by atoms with Crippen LogP contribution in [0.4, 0.5) is 0 Å². The molecule has 0 unspecified atom stereocenters. The molecule has 2 aliphatic rings. The summed E-state index contributed by atoms with van der Waals surface area (Å²) in [6.45, 7) is 6.00. The highest BCUT2D eigenvalue weighted by molar-refractivity contribution is 5.78. The molecule has 0 radical (unpaired) electrons. The van der Waals surface area contributed by atoms with Gasteiger partial charge in [-0.1, -0.05) is 6.92 Å². The van der Waals surface area contributed by atoms with Gasteiger partial charge < -0.3 is 4.74 Å². The van der Waals surface area contributed by atoms with Crippen molar-refractivity contribution in [3.05, 3.63) is 27.7 Å². The first-order valence-electron chi connectivity index (χ1n) is 7.63. The topological polar surface area (TPSA) is 64.4 Å². The molecule has 1 aromatic heterocycles. The Labute approximate surface area is 123 Å². The number of aryl methyl sites for hydroxylation is 1. The van der Waals surface area contributed by atoms with E-state index in [0.717, 1.165) is 37.1 Å². The van der Waals surface area contributed by atoms with E-state index in [2.05, 4.69) is 10.00 Å². The normalized spacial score (nSPS) is 25.7. The summed E-state index contributed by atoms with van der Waals surface area (Å²) in [5.74, 6) is -0.141. The molecule has 1 fully saturated rings.